The molecule has 2 aromatic heterocycles. The highest BCUT2D eigenvalue weighted by Gasteiger charge is 2.21. The SMILES string of the molecule is O=C(Nc1ccc(Cl)c(Cl)c1)c1cnn2c(C(F)F)cc(-c3ccccc3)nc12. The first-order valence-corrected chi connectivity index (χ1v) is 9.18. The van der Waals surface area contributed by atoms with Crippen LogP contribution in [0.5, 0.6) is 0 Å². The van der Waals surface area contributed by atoms with Gasteiger partial charge in [-0.1, -0.05) is 53.5 Å². The largest absolute Gasteiger partial charge is 0.322 e. The number of hydrogen-bond acceptors (Lipinski definition) is 3. The van der Waals surface area contributed by atoms with E-state index < -0.39 is 12.3 Å². The van der Waals surface area contributed by atoms with Crippen LogP contribution in [0.3, 0.4) is 0 Å². The van der Waals surface area contributed by atoms with Crippen LogP contribution in [-0.2, 0) is 0 Å². The topological polar surface area (TPSA) is 59.3 Å². The van der Waals surface area contributed by atoms with Crippen molar-refractivity contribution in [3.05, 3.63) is 82.1 Å². The number of nitrogens with zero attached hydrogens (tertiary/aromatic N) is 3. The Balaban J connectivity index is 1.79. The van der Waals surface area contributed by atoms with Crippen LogP contribution in [-0.4, -0.2) is 20.5 Å². The molecule has 4 aromatic rings. The van der Waals surface area contributed by atoms with Gasteiger partial charge in [0.25, 0.3) is 12.3 Å². The Hall–Kier alpha value is -3.03. The maximum atomic E-state index is 13.6. The highest BCUT2D eigenvalue weighted by molar-refractivity contribution is 6.42. The minimum absolute atomic E-state index is 0.0270. The van der Waals surface area contributed by atoms with Crippen molar-refractivity contribution in [2.45, 2.75) is 6.43 Å². The van der Waals surface area contributed by atoms with Crippen LogP contribution in [0.4, 0.5) is 14.5 Å². The highest BCUT2D eigenvalue weighted by Crippen LogP contribution is 2.28. The van der Waals surface area contributed by atoms with Gasteiger partial charge >= 0.3 is 0 Å². The Bertz CT molecular complexity index is 1210. The molecule has 9 heteroatoms. The van der Waals surface area contributed by atoms with Gasteiger partial charge in [0.15, 0.2) is 5.65 Å². The number of carbonyl (C=O) groups is 1. The molecule has 0 unspecified atom stereocenters. The first-order valence-electron chi connectivity index (χ1n) is 8.42. The molecule has 2 aromatic carbocycles. The second-order valence-corrected chi connectivity index (χ2v) is 6.92. The van der Waals surface area contributed by atoms with Gasteiger partial charge in [-0.05, 0) is 24.3 Å². The zero-order valence-electron chi connectivity index (χ0n) is 14.6. The molecule has 4 rings (SSSR count). The molecule has 0 saturated heterocycles. The average molecular weight is 433 g/mol. The number of hydrogen-bond donors (Lipinski definition) is 1. The molecule has 0 atom stereocenters. The van der Waals surface area contributed by atoms with Gasteiger partial charge in [0.1, 0.15) is 11.3 Å². The fourth-order valence-corrected chi connectivity index (χ4v) is 3.13. The zero-order valence-corrected chi connectivity index (χ0v) is 16.1. The van der Waals surface area contributed by atoms with E-state index in [1.807, 2.05) is 6.07 Å². The molecule has 2 heterocycles. The molecule has 0 aliphatic carbocycles. The van der Waals surface area contributed by atoms with Gasteiger partial charge in [0, 0.05) is 11.3 Å². The first kappa shape index (κ1) is 19.3. The van der Waals surface area contributed by atoms with Gasteiger partial charge in [-0.25, -0.2) is 18.3 Å². The predicted molar refractivity (Wildman–Crippen MR) is 108 cm³/mol. The third-order valence-electron chi connectivity index (χ3n) is 4.21. The average Bonchev–Trinajstić information content (AvgIpc) is 3.14. The minimum Gasteiger partial charge on any atom is -0.322 e. The summed E-state index contributed by atoms with van der Waals surface area (Å²) in [6.07, 6.45) is -1.59. The summed E-state index contributed by atoms with van der Waals surface area (Å²) in [5, 5.41) is 7.20. The van der Waals surface area contributed by atoms with E-state index >= 15 is 0 Å². The molecule has 1 amide bonds. The third kappa shape index (κ3) is 3.79. The van der Waals surface area contributed by atoms with Crippen LogP contribution >= 0.6 is 23.2 Å². The number of carbonyl (C=O) groups excluding carboxylic acids is 1. The molecule has 0 fully saturated rings. The van der Waals surface area contributed by atoms with E-state index in [1.165, 1.54) is 24.4 Å². The van der Waals surface area contributed by atoms with Crippen molar-refractivity contribution in [2.24, 2.45) is 0 Å². The Labute approximate surface area is 173 Å². The normalized spacial score (nSPS) is 11.2. The van der Waals surface area contributed by atoms with Crippen molar-refractivity contribution in [3.63, 3.8) is 0 Å². The van der Waals surface area contributed by atoms with Crippen molar-refractivity contribution >= 4 is 40.4 Å². The second-order valence-electron chi connectivity index (χ2n) is 6.11. The number of halogens is 4. The van der Waals surface area contributed by atoms with Crippen molar-refractivity contribution in [1.82, 2.24) is 14.6 Å². The van der Waals surface area contributed by atoms with E-state index in [-0.39, 0.29) is 21.9 Å². The van der Waals surface area contributed by atoms with Crippen LogP contribution in [0.15, 0.2) is 60.8 Å². The summed E-state index contributed by atoms with van der Waals surface area (Å²) >= 11 is 11.8. The predicted octanol–water partition coefficient (Wildman–Crippen LogP) is 5.89. The number of anilines is 1. The Morgan fingerprint density at radius 1 is 1.03 bits per heavy atom. The van der Waals surface area contributed by atoms with Gasteiger partial charge in [0.05, 0.1) is 21.9 Å². The van der Waals surface area contributed by atoms with E-state index in [4.69, 9.17) is 23.2 Å². The number of alkyl halides is 2. The van der Waals surface area contributed by atoms with E-state index in [0.717, 1.165) is 4.52 Å². The van der Waals surface area contributed by atoms with Crippen LogP contribution in [0, 0.1) is 0 Å². The summed E-state index contributed by atoms with van der Waals surface area (Å²) in [4.78, 5) is 17.1. The quantitative estimate of drug-likeness (QED) is 0.437. The molecule has 0 saturated carbocycles. The number of aromatic nitrogens is 3. The van der Waals surface area contributed by atoms with Crippen molar-refractivity contribution in [1.29, 1.82) is 0 Å². The smallest absolute Gasteiger partial charge is 0.280 e. The fraction of sp³-hybridized carbons (Fsp3) is 0.0500. The summed E-state index contributed by atoms with van der Waals surface area (Å²) in [6, 6.07) is 14.7. The van der Waals surface area contributed by atoms with E-state index in [2.05, 4.69) is 15.4 Å². The Morgan fingerprint density at radius 2 is 1.79 bits per heavy atom. The first-order chi connectivity index (χ1) is 13.9. The number of nitrogens with one attached hydrogen (secondary N) is 1. The molecule has 0 aliphatic heterocycles. The lowest BCUT2D eigenvalue weighted by molar-refractivity contribution is 0.102. The maximum Gasteiger partial charge on any atom is 0.280 e. The summed E-state index contributed by atoms with van der Waals surface area (Å²) in [5.74, 6) is -0.559. The molecule has 0 aliphatic rings. The van der Waals surface area contributed by atoms with Gasteiger partial charge < -0.3 is 5.32 Å². The fourth-order valence-electron chi connectivity index (χ4n) is 2.83. The number of rotatable bonds is 4. The number of amides is 1. The van der Waals surface area contributed by atoms with Gasteiger partial charge in [-0.15, -0.1) is 0 Å². The van der Waals surface area contributed by atoms with Crippen LogP contribution < -0.4 is 5.32 Å². The highest BCUT2D eigenvalue weighted by atomic mass is 35.5. The molecule has 5 nitrogen and oxygen atoms in total. The van der Waals surface area contributed by atoms with Crippen LogP contribution in [0.1, 0.15) is 22.5 Å². The van der Waals surface area contributed by atoms with E-state index in [1.54, 1.807) is 30.3 Å². The Morgan fingerprint density at radius 3 is 2.48 bits per heavy atom. The number of fused-ring (bicyclic) bond motifs is 1. The van der Waals surface area contributed by atoms with Gasteiger partial charge in [-0.3, -0.25) is 4.79 Å². The molecule has 0 bridgehead atoms. The zero-order chi connectivity index (χ0) is 20.5. The van der Waals surface area contributed by atoms with Crippen LogP contribution in [0.25, 0.3) is 16.9 Å². The molecular weight excluding hydrogens is 421 g/mol. The monoisotopic (exact) mass is 432 g/mol. The molecule has 146 valence electrons. The Kier molecular flexibility index (Phi) is 5.17. The molecule has 0 spiro atoms. The lowest BCUT2D eigenvalue weighted by atomic mass is 10.1. The second kappa shape index (κ2) is 7.77. The summed E-state index contributed by atoms with van der Waals surface area (Å²) < 4.78 is 28.2. The minimum atomic E-state index is -2.80. The van der Waals surface area contributed by atoms with E-state index in [9.17, 15) is 13.6 Å². The van der Waals surface area contributed by atoms with Crippen LogP contribution in [0.2, 0.25) is 10.0 Å². The van der Waals surface area contributed by atoms with E-state index in [0.29, 0.717) is 22.0 Å². The summed E-state index contributed by atoms with van der Waals surface area (Å²) in [6.45, 7) is 0. The van der Waals surface area contributed by atoms with Crippen molar-refractivity contribution in [2.75, 3.05) is 5.32 Å². The molecular formula is C20H12Cl2F2N4O. The molecule has 29 heavy (non-hydrogen) atoms. The van der Waals surface area contributed by atoms with Gasteiger partial charge in [-0.2, -0.15) is 5.10 Å². The third-order valence-corrected chi connectivity index (χ3v) is 4.95. The number of benzene rings is 2. The van der Waals surface area contributed by atoms with Crippen molar-refractivity contribution < 1.29 is 13.6 Å². The summed E-state index contributed by atoms with van der Waals surface area (Å²) in [5.41, 5.74) is 1.08. The molecule has 0 radical (unpaired) electrons. The lowest BCUT2D eigenvalue weighted by Gasteiger charge is -2.09. The summed E-state index contributed by atoms with van der Waals surface area (Å²) in [7, 11) is 0. The maximum absolute atomic E-state index is 13.6. The van der Waals surface area contributed by atoms with Gasteiger partial charge in [0.2, 0.25) is 0 Å². The van der Waals surface area contributed by atoms with Crippen molar-refractivity contribution in [3.8, 4) is 11.3 Å². The molecule has 1 N–H and O–H groups in total. The lowest BCUT2D eigenvalue weighted by Crippen LogP contribution is -2.12. The standard InChI is InChI=1S/C20H12Cl2F2N4O/c21-14-7-6-12(8-15(14)22)26-20(29)13-10-25-28-17(18(23)24)9-16(27-19(13)28)11-4-2-1-3-5-11/h1-10,18H,(H,26,29).